The summed E-state index contributed by atoms with van der Waals surface area (Å²) in [6.45, 7) is 6.43. The topological polar surface area (TPSA) is 91.9 Å². The van der Waals surface area contributed by atoms with Crippen LogP contribution in [0.5, 0.6) is 5.88 Å². The van der Waals surface area contributed by atoms with Gasteiger partial charge >= 0.3 is 6.18 Å². The lowest BCUT2D eigenvalue weighted by molar-refractivity contribution is -0.154. The summed E-state index contributed by atoms with van der Waals surface area (Å²) in [5.74, 6) is 1.60. The van der Waals surface area contributed by atoms with Gasteiger partial charge in [0.15, 0.2) is 12.6 Å². The zero-order chi connectivity index (χ0) is 22.4. The molecule has 0 saturated carbocycles. The third kappa shape index (κ3) is 8.56. The number of hydrogen-bond acceptors (Lipinski definition) is 5. The second-order valence-electron chi connectivity index (χ2n) is 7.02. The third-order valence-electron chi connectivity index (χ3n) is 4.20. The van der Waals surface area contributed by atoms with Crippen molar-refractivity contribution >= 4 is 29.9 Å². The summed E-state index contributed by atoms with van der Waals surface area (Å²) in [5.41, 5.74) is -0.140. The van der Waals surface area contributed by atoms with E-state index < -0.39 is 18.4 Å². The Bertz CT molecular complexity index is 870. The van der Waals surface area contributed by atoms with E-state index in [4.69, 9.17) is 9.15 Å². The van der Waals surface area contributed by atoms with Gasteiger partial charge in [0.25, 0.3) is 0 Å². The first-order chi connectivity index (χ1) is 14.0. The van der Waals surface area contributed by atoms with Gasteiger partial charge in [-0.25, -0.2) is 9.98 Å². The summed E-state index contributed by atoms with van der Waals surface area (Å²) < 4.78 is 47.6. The fourth-order valence-electron chi connectivity index (χ4n) is 2.85. The van der Waals surface area contributed by atoms with Gasteiger partial charge in [0.1, 0.15) is 17.1 Å². The molecule has 0 spiro atoms. The molecular formula is C20H28F3IN4O3. The summed E-state index contributed by atoms with van der Waals surface area (Å²) in [4.78, 5) is 8.23. The number of ether oxygens (including phenoxy) is 1. The molecule has 0 aliphatic heterocycles. The maximum Gasteiger partial charge on any atom is 0.422 e. The molecular weight excluding hydrogens is 528 g/mol. The van der Waals surface area contributed by atoms with Gasteiger partial charge < -0.3 is 24.9 Å². The zero-order valence-electron chi connectivity index (χ0n) is 17.8. The van der Waals surface area contributed by atoms with Crippen LogP contribution in [-0.2, 0) is 12.1 Å². The first-order valence-corrected chi connectivity index (χ1v) is 9.47. The molecule has 3 N–H and O–H groups in total. The summed E-state index contributed by atoms with van der Waals surface area (Å²) in [6.07, 6.45) is -3.10. The molecule has 31 heavy (non-hydrogen) atoms. The second kappa shape index (κ2) is 11.6. The first-order valence-electron chi connectivity index (χ1n) is 9.47. The van der Waals surface area contributed by atoms with Crippen LogP contribution in [-0.4, -0.2) is 41.9 Å². The maximum atomic E-state index is 12.4. The third-order valence-corrected chi connectivity index (χ3v) is 4.20. The first kappa shape index (κ1) is 27.0. The van der Waals surface area contributed by atoms with Crippen LogP contribution in [0.3, 0.4) is 0 Å². The Balaban J connectivity index is 0.00000480. The number of hydrogen-bond donors (Lipinski definition) is 3. The van der Waals surface area contributed by atoms with Crippen molar-refractivity contribution in [3.8, 4) is 5.88 Å². The van der Waals surface area contributed by atoms with E-state index in [0.29, 0.717) is 35.2 Å². The molecule has 1 unspecified atom stereocenters. The lowest BCUT2D eigenvalue weighted by atomic mass is 9.96. The number of guanidine groups is 1. The average molecular weight is 556 g/mol. The van der Waals surface area contributed by atoms with Gasteiger partial charge in [-0.3, -0.25) is 0 Å². The number of halogens is 4. The monoisotopic (exact) mass is 556 g/mol. The maximum absolute atomic E-state index is 12.4. The van der Waals surface area contributed by atoms with E-state index in [0.717, 1.165) is 0 Å². The number of aliphatic imine (C=N–C) groups is 1. The summed E-state index contributed by atoms with van der Waals surface area (Å²) >= 11 is 0. The molecule has 11 heteroatoms. The highest BCUT2D eigenvalue weighted by Crippen LogP contribution is 2.26. The van der Waals surface area contributed by atoms with E-state index in [1.165, 1.54) is 6.20 Å². The van der Waals surface area contributed by atoms with Gasteiger partial charge in [-0.2, -0.15) is 13.2 Å². The van der Waals surface area contributed by atoms with Crippen LogP contribution < -0.4 is 15.4 Å². The minimum Gasteiger partial charge on any atom is -0.468 e. The van der Waals surface area contributed by atoms with Crippen molar-refractivity contribution in [2.75, 3.05) is 19.7 Å². The van der Waals surface area contributed by atoms with Crippen LogP contribution in [0.25, 0.3) is 0 Å². The number of nitrogens with zero attached hydrogens (tertiary/aromatic N) is 2. The number of furan rings is 1. The number of aromatic nitrogens is 1. The lowest BCUT2D eigenvalue weighted by Gasteiger charge is -2.24. The Morgan fingerprint density at radius 3 is 2.58 bits per heavy atom. The number of alkyl halides is 3. The summed E-state index contributed by atoms with van der Waals surface area (Å²) in [6, 6.07) is 4.97. The van der Waals surface area contributed by atoms with Crippen LogP contribution in [0.2, 0.25) is 0 Å². The molecule has 0 amide bonds. The smallest absolute Gasteiger partial charge is 0.422 e. The molecule has 0 fully saturated rings. The van der Waals surface area contributed by atoms with Crippen molar-refractivity contribution in [3.05, 3.63) is 47.0 Å². The molecule has 2 aromatic heterocycles. The molecule has 0 saturated heterocycles. The number of rotatable bonds is 8. The zero-order valence-corrected chi connectivity index (χ0v) is 20.2. The van der Waals surface area contributed by atoms with Crippen molar-refractivity contribution in [2.24, 2.45) is 4.99 Å². The molecule has 0 aromatic carbocycles. The van der Waals surface area contributed by atoms with E-state index >= 15 is 0 Å². The van der Waals surface area contributed by atoms with Crippen LogP contribution in [0.1, 0.15) is 36.5 Å². The average Bonchev–Trinajstić information content (AvgIpc) is 3.01. The summed E-state index contributed by atoms with van der Waals surface area (Å²) in [5, 5.41) is 16.9. The minimum absolute atomic E-state index is 0. The summed E-state index contributed by atoms with van der Waals surface area (Å²) in [7, 11) is 0. The van der Waals surface area contributed by atoms with Crippen LogP contribution in [0.4, 0.5) is 13.2 Å². The number of aryl methyl sites for hydroxylation is 2. The van der Waals surface area contributed by atoms with Gasteiger partial charge in [-0.15, -0.1) is 24.0 Å². The Morgan fingerprint density at radius 1 is 1.29 bits per heavy atom. The quantitative estimate of drug-likeness (QED) is 0.260. The Hall–Kier alpha value is -2.02. The molecule has 174 valence electrons. The minimum atomic E-state index is -4.45. The molecule has 2 rings (SSSR count). The van der Waals surface area contributed by atoms with E-state index in [1.807, 2.05) is 6.92 Å². The highest BCUT2D eigenvalue weighted by atomic mass is 127. The Morgan fingerprint density at radius 2 is 2.00 bits per heavy atom. The normalized spacial score (nSPS) is 13.9. The molecule has 7 nitrogen and oxygen atoms in total. The fourth-order valence-corrected chi connectivity index (χ4v) is 2.85. The Kier molecular flexibility index (Phi) is 10.1. The van der Waals surface area contributed by atoms with Crippen molar-refractivity contribution < 1.29 is 27.4 Å². The lowest BCUT2D eigenvalue weighted by Crippen LogP contribution is -2.44. The van der Waals surface area contributed by atoms with E-state index in [9.17, 15) is 18.3 Å². The highest BCUT2D eigenvalue weighted by Gasteiger charge is 2.29. The predicted molar refractivity (Wildman–Crippen MR) is 122 cm³/mol. The largest absolute Gasteiger partial charge is 0.468 e. The Labute approximate surface area is 196 Å². The molecule has 0 bridgehead atoms. The van der Waals surface area contributed by atoms with E-state index in [2.05, 4.69) is 20.6 Å². The molecule has 0 radical (unpaired) electrons. The van der Waals surface area contributed by atoms with Crippen molar-refractivity contribution in [3.63, 3.8) is 0 Å². The van der Waals surface area contributed by atoms with Crippen LogP contribution in [0, 0.1) is 13.8 Å². The van der Waals surface area contributed by atoms with Gasteiger partial charge in [0.2, 0.25) is 5.88 Å². The van der Waals surface area contributed by atoms with Gasteiger partial charge in [-0.1, -0.05) is 6.07 Å². The molecule has 2 heterocycles. The number of aliphatic hydroxyl groups is 1. The molecule has 1 atom stereocenters. The van der Waals surface area contributed by atoms with E-state index in [-0.39, 0.29) is 42.9 Å². The van der Waals surface area contributed by atoms with Gasteiger partial charge in [0.05, 0.1) is 13.1 Å². The van der Waals surface area contributed by atoms with E-state index in [1.54, 1.807) is 39.0 Å². The van der Waals surface area contributed by atoms with Gasteiger partial charge in [0, 0.05) is 23.9 Å². The highest BCUT2D eigenvalue weighted by molar-refractivity contribution is 14.0. The van der Waals surface area contributed by atoms with Gasteiger partial charge in [-0.05, 0) is 39.8 Å². The van der Waals surface area contributed by atoms with Crippen LogP contribution in [0.15, 0.2) is 33.8 Å². The van der Waals surface area contributed by atoms with Crippen LogP contribution >= 0.6 is 24.0 Å². The second-order valence-corrected chi connectivity index (χ2v) is 7.02. The number of nitrogens with one attached hydrogen (secondary N) is 2. The standard InChI is InChI=1S/C20H27F3N4O3.HI/c1-5-24-18(27-11-19(4,28)16-9-13(2)30-14(16)3)26-10-15-7-6-8-25-17(15)29-12-20(21,22)23;/h6-9,28H,5,10-12H2,1-4H3,(H2,24,26,27);1H. The molecule has 2 aromatic rings. The van der Waals surface area contributed by atoms with Crippen molar-refractivity contribution in [2.45, 2.75) is 46.0 Å². The SMILES string of the molecule is CCNC(=NCc1cccnc1OCC(F)(F)F)NCC(C)(O)c1cc(C)oc1C.I. The molecule has 0 aliphatic carbocycles. The number of pyridine rings is 1. The predicted octanol–water partition coefficient (Wildman–Crippen LogP) is 3.81. The van der Waals surface area contributed by atoms with Crippen molar-refractivity contribution in [1.29, 1.82) is 0 Å². The van der Waals surface area contributed by atoms with Crippen molar-refractivity contribution in [1.82, 2.24) is 15.6 Å². The fraction of sp³-hybridized carbons (Fsp3) is 0.500. The molecule has 0 aliphatic rings.